The first-order chi connectivity index (χ1) is 19.6. The first-order valence-electron chi connectivity index (χ1n) is 17.6. The maximum Gasteiger partial charge on any atom is 0.331 e. The molecule has 0 radical (unpaired) electrons. The Labute approximate surface area is 249 Å². The van der Waals surface area contributed by atoms with Crippen molar-refractivity contribution in [3.8, 4) is 0 Å². The molecule has 236 valence electrons. The van der Waals surface area contributed by atoms with Gasteiger partial charge in [0.25, 0.3) is 0 Å². The molecule has 0 saturated heterocycles. The molecule has 0 fully saturated rings. The molecule has 4 heteroatoms. The number of rotatable bonds is 30. The van der Waals surface area contributed by atoms with E-state index in [4.69, 9.17) is 9.47 Å². The fourth-order valence-corrected chi connectivity index (χ4v) is 5.40. The summed E-state index contributed by atoms with van der Waals surface area (Å²) in [5.74, 6) is -0.0196. The van der Waals surface area contributed by atoms with Gasteiger partial charge in [-0.3, -0.25) is 0 Å². The molecule has 0 spiro atoms. The van der Waals surface area contributed by atoms with Gasteiger partial charge in [0, 0.05) is 12.2 Å². The summed E-state index contributed by atoms with van der Waals surface area (Å²) in [4.78, 5) is 24.7. The number of carbonyl (C=O) groups is 2. The summed E-state index contributed by atoms with van der Waals surface area (Å²) in [7, 11) is 0. The van der Waals surface area contributed by atoms with Crippen molar-refractivity contribution in [1.82, 2.24) is 0 Å². The predicted octanol–water partition coefficient (Wildman–Crippen LogP) is 11.3. The molecule has 2 atom stereocenters. The van der Waals surface area contributed by atoms with Gasteiger partial charge in [-0.25, -0.2) is 9.59 Å². The summed E-state index contributed by atoms with van der Waals surface area (Å²) in [6.45, 7) is 9.87. The number of unbranched alkanes of at least 4 members (excludes halogenated alkanes) is 16. The Morgan fingerprint density at radius 2 is 0.675 bits per heavy atom. The molecule has 0 N–H and O–H groups in total. The molecule has 0 aliphatic heterocycles. The van der Waals surface area contributed by atoms with Gasteiger partial charge < -0.3 is 9.47 Å². The van der Waals surface area contributed by atoms with Gasteiger partial charge in [-0.1, -0.05) is 156 Å². The molecule has 0 heterocycles. The van der Waals surface area contributed by atoms with Crippen LogP contribution in [0.2, 0.25) is 0 Å². The Hall–Kier alpha value is -1.32. The third kappa shape index (κ3) is 26.9. The lowest BCUT2D eigenvalue weighted by atomic mass is 9.95. The Balaban J connectivity index is 4.49. The minimum absolute atomic E-state index is 0.419. The molecule has 0 amide bonds. The molecule has 0 rings (SSSR count). The molecule has 2 unspecified atom stereocenters. The summed E-state index contributed by atoms with van der Waals surface area (Å²) < 4.78 is 11.1. The Bertz CT molecular complexity index is 535. The van der Waals surface area contributed by atoms with Crippen molar-refractivity contribution in [1.29, 1.82) is 0 Å². The standard InChI is InChI=1S/C36H68O4/c1-5-9-13-17-19-23-27-33(25-21-15-11-7-3)31-39-35(37)29-30-36(38)40-32-34(26-22-16-12-8-4)28-24-20-18-14-10-6-2/h29-30,33-34H,5-28,31-32H2,1-4H3. The molecule has 0 aromatic heterocycles. The van der Waals surface area contributed by atoms with Gasteiger partial charge in [0.05, 0.1) is 13.2 Å². The second kappa shape index (κ2) is 30.6. The minimum atomic E-state index is -0.429. The van der Waals surface area contributed by atoms with Crippen molar-refractivity contribution >= 4 is 11.9 Å². The highest BCUT2D eigenvalue weighted by Gasteiger charge is 2.13. The van der Waals surface area contributed by atoms with E-state index in [0.717, 1.165) is 25.7 Å². The van der Waals surface area contributed by atoms with Crippen molar-refractivity contribution in [2.45, 2.75) is 182 Å². The molecule has 0 aliphatic carbocycles. The minimum Gasteiger partial charge on any atom is -0.462 e. The van der Waals surface area contributed by atoms with E-state index in [2.05, 4.69) is 27.7 Å². The third-order valence-corrected chi connectivity index (χ3v) is 8.14. The maximum atomic E-state index is 12.4. The Morgan fingerprint density at radius 1 is 0.425 bits per heavy atom. The van der Waals surface area contributed by atoms with Crippen LogP contribution in [0.5, 0.6) is 0 Å². The van der Waals surface area contributed by atoms with Gasteiger partial charge in [-0.05, 0) is 37.5 Å². The van der Waals surface area contributed by atoms with E-state index in [1.165, 1.54) is 141 Å². The molecule has 0 saturated carbocycles. The molecular formula is C36H68O4. The van der Waals surface area contributed by atoms with Crippen molar-refractivity contribution in [2.24, 2.45) is 11.8 Å². The maximum absolute atomic E-state index is 12.4. The normalized spacial score (nSPS) is 13.0. The van der Waals surface area contributed by atoms with Crippen molar-refractivity contribution < 1.29 is 19.1 Å². The zero-order valence-electron chi connectivity index (χ0n) is 27.3. The van der Waals surface area contributed by atoms with E-state index in [9.17, 15) is 9.59 Å². The average molecular weight is 565 g/mol. The van der Waals surface area contributed by atoms with Crippen molar-refractivity contribution in [2.75, 3.05) is 13.2 Å². The fraction of sp³-hybridized carbons (Fsp3) is 0.889. The monoisotopic (exact) mass is 565 g/mol. The average Bonchev–Trinajstić information content (AvgIpc) is 2.96. The third-order valence-electron chi connectivity index (χ3n) is 8.14. The van der Waals surface area contributed by atoms with Gasteiger partial charge in [0.15, 0.2) is 0 Å². The molecule has 0 aromatic rings. The fourth-order valence-electron chi connectivity index (χ4n) is 5.40. The number of ether oxygens (including phenoxy) is 2. The SMILES string of the molecule is CCCCCCCCC(CCCCCC)COC(=O)C=CC(=O)OCC(CCCCCC)CCCCCCCC. The van der Waals surface area contributed by atoms with Gasteiger partial charge >= 0.3 is 11.9 Å². The van der Waals surface area contributed by atoms with Crippen LogP contribution in [0.15, 0.2) is 12.2 Å². The molecule has 0 aromatic carbocycles. The van der Waals surface area contributed by atoms with Crippen LogP contribution in [0.3, 0.4) is 0 Å². The van der Waals surface area contributed by atoms with Gasteiger partial charge in [0.2, 0.25) is 0 Å². The van der Waals surface area contributed by atoms with E-state index < -0.39 is 11.9 Å². The molecular weight excluding hydrogens is 496 g/mol. The van der Waals surface area contributed by atoms with Crippen LogP contribution >= 0.6 is 0 Å². The van der Waals surface area contributed by atoms with Crippen molar-refractivity contribution in [3.63, 3.8) is 0 Å². The highest BCUT2D eigenvalue weighted by molar-refractivity contribution is 5.91. The van der Waals surface area contributed by atoms with Gasteiger partial charge in [-0.15, -0.1) is 0 Å². The van der Waals surface area contributed by atoms with E-state index in [1.807, 2.05) is 0 Å². The van der Waals surface area contributed by atoms with Crippen LogP contribution in [-0.2, 0) is 19.1 Å². The first kappa shape index (κ1) is 38.7. The quantitative estimate of drug-likeness (QED) is 0.0494. The van der Waals surface area contributed by atoms with E-state index in [-0.39, 0.29) is 0 Å². The zero-order chi connectivity index (χ0) is 29.5. The second-order valence-corrected chi connectivity index (χ2v) is 12.1. The first-order valence-corrected chi connectivity index (χ1v) is 17.6. The topological polar surface area (TPSA) is 52.6 Å². The molecule has 40 heavy (non-hydrogen) atoms. The van der Waals surface area contributed by atoms with Crippen LogP contribution in [0, 0.1) is 11.8 Å². The molecule has 0 aliphatic rings. The zero-order valence-corrected chi connectivity index (χ0v) is 27.3. The molecule has 0 bridgehead atoms. The number of hydrogen-bond donors (Lipinski definition) is 0. The van der Waals surface area contributed by atoms with Crippen LogP contribution in [0.25, 0.3) is 0 Å². The predicted molar refractivity (Wildman–Crippen MR) is 172 cm³/mol. The van der Waals surface area contributed by atoms with E-state index in [0.29, 0.717) is 25.0 Å². The van der Waals surface area contributed by atoms with Crippen LogP contribution in [0.4, 0.5) is 0 Å². The van der Waals surface area contributed by atoms with E-state index in [1.54, 1.807) is 0 Å². The summed E-state index contributed by atoms with van der Waals surface area (Å²) in [6, 6.07) is 0. The summed E-state index contributed by atoms with van der Waals surface area (Å²) in [5.41, 5.74) is 0. The highest BCUT2D eigenvalue weighted by atomic mass is 16.5. The lowest BCUT2D eigenvalue weighted by Gasteiger charge is -2.17. The number of hydrogen-bond acceptors (Lipinski definition) is 4. The Kier molecular flexibility index (Phi) is 29.6. The van der Waals surface area contributed by atoms with Crippen LogP contribution in [0.1, 0.15) is 182 Å². The van der Waals surface area contributed by atoms with E-state index >= 15 is 0 Å². The lowest BCUT2D eigenvalue weighted by molar-refractivity contribution is -0.142. The van der Waals surface area contributed by atoms with Crippen LogP contribution in [-0.4, -0.2) is 25.2 Å². The van der Waals surface area contributed by atoms with Crippen molar-refractivity contribution in [3.05, 3.63) is 12.2 Å². The molecule has 4 nitrogen and oxygen atoms in total. The Morgan fingerprint density at radius 3 is 0.975 bits per heavy atom. The summed E-state index contributed by atoms with van der Waals surface area (Å²) in [6.07, 6.45) is 32.3. The van der Waals surface area contributed by atoms with Crippen LogP contribution < -0.4 is 0 Å². The number of carbonyl (C=O) groups excluding carboxylic acids is 2. The highest BCUT2D eigenvalue weighted by Crippen LogP contribution is 2.21. The number of esters is 2. The summed E-state index contributed by atoms with van der Waals surface area (Å²) in [5, 5.41) is 0. The lowest BCUT2D eigenvalue weighted by Crippen LogP contribution is -2.15. The second-order valence-electron chi connectivity index (χ2n) is 12.1. The largest absolute Gasteiger partial charge is 0.462 e. The smallest absolute Gasteiger partial charge is 0.331 e. The van der Waals surface area contributed by atoms with Gasteiger partial charge in [-0.2, -0.15) is 0 Å². The summed E-state index contributed by atoms with van der Waals surface area (Å²) >= 11 is 0. The van der Waals surface area contributed by atoms with Gasteiger partial charge in [0.1, 0.15) is 0 Å².